The van der Waals surface area contributed by atoms with Crippen LogP contribution < -0.4 is 0 Å². The first kappa shape index (κ1) is 14.7. The first-order valence-electron chi connectivity index (χ1n) is 4.58. The Balaban J connectivity index is 3.81. The Morgan fingerprint density at radius 3 is 2.20 bits per heavy atom. The van der Waals surface area contributed by atoms with Crippen molar-refractivity contribution < 1.29 is 18.0 Å². The molecule has 0 aliphatic heterocycles. The predicted octanol–water partition coefficient (Wildman–Crippen LogP) is 1.78. The lowest BCUT2D eigenvalue weighted by molar-refractivity contribution is 0.121. The molecule has 0 saturated heterocycles. The fraction of sp³-hybridized carbons (Fsp3) is 0.667. The Bertz CT molecular complexity index is 198. The molecule has 88 valence electrons. The second kappa shape index (κ2) is 7.95. The maximum Gasteiger partial charge on any atom is 0.500 e. The van der Waals surface area contributed by atoms with E-state index in [2.05, 4.69) is 6.58 Å². The largest absolute Gasteiger partial charge is 0.500 e. The summed E-state index contributed by atoms with van der Waals surface area (Å²) in [6.45, 7) is 4.03. The number of thiocarbonyl (C=S) groups is 1. The molecule has 0 saturated carbocycles. The van der Waals surface area contributed by atoms with Gasteiger partial charge in [-0.15, -0.1) is 0 Å². The molecule has 6 heteroatoms. The minimum absolute atomic E-state index is 0.412. The van der Waals surface area contributed by atoms with Crippen LogP contribution in [-0.2, 0) is 18.0 Å². The molecule has 0 aromatic rings. The van der Waals surface area contributed by atoms with Crippen molar-refractivity contribution in [2.24, 2.45) is 0 Å². The highest BCUT2D eigenvalue weighted by Gasteiger charge is 2.36. The minimum atomic E-state index is -2.45. The molecule has 15 heavy (non-hydrogen) atoms. The maximum absolute atomic E-state index is 5.26. The van der Waals surface area contributed by atoms with Crippen molar-refractivity contribution in [2.45, 2.75) is 12.5 Å². The molecule has 0 atom stereocenters. The van der Waals surface area contributed by atoms with Gasteiger partial charge in [0.25, 0.3) is 0 Å². The van der Waals surface area contributed by atoms with Crippen LogP contribution >= 0.6 is 12.2 Å². The SMILES string of the molecule is C=CC(=S)OCCC[Si](OC)(OC)OC. The van der Waals surface area contributed by atoms with Crippen LogP contribution in [0.25, 0.3) is 0 Å². The third-order valence-corrected chi connectivity index (χ3v) is 5.09. The smallest absolute Gasteiger partial charge is 0.483 e. The van der Waals surface area contributed by atoms with Crippen molar-refractivity contribution in [3.05, 3.63) is 12.7 Å². The van der Waals surface area contributed by atoms with Crippen molar-refractivity contribution in [1.29, 1.82) is 0 Å². The van der Waals surface area contributed by atoms with Crippen molar-refractivity contribution >= 4 is 26.1 Å². The number of rotatable bonds is 8. The highest BCUT2D eigenvalue weighted by molar-refractivity contribution is 7.80. The van der Waals surface area contributed by atoms with Gasteiger partial charge in [0.15, 0.2) is 5.05 Å². The molecule has 0 spiro atoms. The topological polar surface area (TPSA) is 36.9 Å². The number of hydrogen-bond acceptors (Lipinski definition) is 5. The van der Waals surface area contributed by atoms with E-state index < -0.39 is 8.80 Å². The lowest BCUT2D eigenvalue weighted by Gasteiger charge is -2.24. The molecule has 0 aliphatic rings. The molecule has 0 bridgehead atoms. The maximum atomic E-state index is 5.26. The molecule has 0 rings (SSSR count). The predicted molar refractivity (Wildman–Crippen MR) is 65.0 cm³/mol. The molecule has 0 aromatic carbocycles. The van der Waals surface area contributed by atoms with E-state index in [-0.39, 0.29) is 0 Å². The first-order valence-corrected chi connectivity index (χ1v) is 6.92. The van der Waals surface area contributed by atoms with Crippen molar-refractivity contribution in [3.63, 3.8) is 0 Å². The third kappa shape index (κ3) is 5.38. The van der Waals surface area contributed by atoms with Crippen LogP contribution in [-0.4, -0.2) is 41.8 Å². The van der Waals surface area contributed by atoms with Crippen LogP contribution in [0.15, 0.2) is 12.7 Å². The summed E-state index contributed by atoms with van der Waals surface area (Å²) in [7, 11) is 2.33. The van der Waals surface area contributed by atoms with Gasteiger partial charge in [-0.3, -0.25) is 0 Å². The lowest BCUT2D eigenvalue weighted by atomic mass is 10.5. The first-order chi connectivity index (χ1) is 7.14. The van der Waals surface area contributed by atoms with Crippen LogP contribution in [0.3, 0.4) is 0 Å². The minimum Gasteiger partial charge on any atom is -0.483 e. The summed E-state index contributed by atoms with van der Waals surface area (Å²) in [6.07, 6.45) is 2.28. The average Bonchev–Trinajstić information content (AvgIpc) is 2.30. The van der Waals surface area contributed by atoms with Gasteiger partial charge < -0.3 is 18.0 Å². The van der Waals surface area contributed by atoms with E-state index in [0.29, 0.717) is 17.7 Å². The summed E-state index contributed by atoms with van der Waals surface area (Å²) in [4.78, 5) is 0. The van der Waals surface area contributed by atoms with E-state index in [4.69, 9.17) is 30.2 Å². The van der Waals surface area contributed by atoms with Crippen molar-refractivity contribution in [3.8, 4) is 0 Å². The van der Waals surface area contributed by atoms with E-state index in [9.17, 15) is 0 Å². The zero-order chi connectivity index (χ0) is 11.7. The number of ether oxygens (including phenoxy) is 1. The van der Waals surface area contributed by atoms with Gasteiger partial charge in [0.2, 0.25) is 0 Å². The van der Waals surface area contributed by atoms with Crippen LogP contribution in [0, 0.1) is 0 Å². The second-order valence-corrected chi connectivity index (χ2v) is 6.26. The second-order valence-electron chi connectivity index (χ2n) is 2.77. The molecular weight excluding hydrogens is 232 g/mol. The van der Waals surface area contributed by atoms with E-state index in [1.807, 2.05) is 0 Å². The normalized spacial score (nSPS) is 11.1. The van der Waals surface area contributed by atoms with E-state index >= 15 is 0 Å². The van der Waals surface area contributed by atoms with Gasteiger partial charge in [-0.2, -0.15) is 0 Å². The third-order valence-electron chi connectivity index (χ3n) is 1.97. The van der Waals surface area contributed by atoms with Crippen LogP contribution in [0.5, 0.6) is 0 Å². The Kier molecular flexibility index (Phi) is 7.80. The highest BCUT2D eigenvalue weighted by Crippen LogP contribution is 2.14. The van der Waals surface area contributed by atoms with Crippen LogP contribution in [0.2, 0.25) is 6.04 Å². The fourth-order valence-electron chi connectivity index (χ4n) is 1.08. The average molecular weight is 250 g/mol. The molecule has 0 heterocycles. The Morgan fingerprint density at radius 1 is 1.27 bits per heavy atom. The lowest BCUT2D eigenvalue weighted by Crippen LogP contribution is -2.42. The zero-order valence-corrected chi connectivity index (χ0v) is 11.3. The molecule has 4 nitrogen and oxygen atoms in total. The van der Waals surface area contributed by atoms with Crippen molar-refractivity contribution in [2.75, 3.05) is 27.9 Å². The van der Waals surface area contributed by atoms with Gasteiger partial charge in [-0.25, -0.2) is 0 Å². The van der Waals surface area contributed by atoms with Crippen LogP contribution in [0.4, 0.5) is 0 Å². The van der Waals surface area contributed by atoms with E-state index in [1.54, 1.807) is 21.3 Å². The van der Waals surface area contributed by atoms with Gasteiger partial charge >= 0.3 is 8.80 Å². The van der Waals surface area contributed by atoms with Gasteiger partial charge in [0, 0.05) is 27.4 Å². The fourth-order valence-corrected chi connectivity index (χ4v) is 2.85. The molecular formula is C9H18O4SSi. The summed E-state index contributed by atoms with van der Waals surface area (Å²) >= 11 is 4.82. The van der Waals surface area contributed by atoms with Crippen LogP contribution in [0.1, 0.15) is 6.42 Å². The summed E-state index contributed by atoms with van der Waals surface area (Å²) in [6, 6.07) is 0.705. The number of hydrogen-bond donors (Lipinski definition) is 0. The summed E-state index contributed by atoms with van der Waals surface area (Å²) in [5, 5.41) is 0.412. The Labute approximate surface area is 97.5 Å². The quantitative estimate of drug-likeness (QED) is 0.284. The van der Waals surface area contributed by atoms with Gasteiger partial charge in [-0.05, 0) is 24.7 Å². The van der Waals surface area contributed by atoms with Crippen molar-refractivity contribution in [1.82, 2.24) is 0 Å². The molecule has 0 aliphatic carbocycles. The molecule has 0 aromatic heterocycles. The summed E-state index contributed by atoms with van der Waals surface area (Å²) < 4.78 is 21.0. The molecule has 0 radical (unpaired) electrons. The summed E-state index contributed by atoms with van der Waals surface area (Å²) in [5.74, 6) is 0. The molecule has 0 N–H and O–H groups in total. The molecule has 0 fully saturated rings. The highest BCUT2D eigenvalue weighted by atomic mass is 32.1. The molecule has 0 amide bonds. The summed E-state index contributed by atoms with van der Waals surface area (Å²) in [5.41, 5.74) is 0. The Morgan fingerprint density at radius 2 is 1.80 bits per heavy atom. The van der Waals surface area contributed by atoms with E-state index in [0.717, 1.165) is 6.42 Å². The molecule has 0 unspecified atom stereocenters. The zero-order valence-electron chi connectivity index (χ0n) is 9.45. The van der Waals surface area contributed by atoms with Gasteiger partial charge in [0.1, 0.15) is 0 Å². The monoisotopic (exact) mass is 250 g/mol. The van der Waals surface area contributed by atoms with Gasteiger partial charge in [0.05, 0.1) is 6.61 Å². The van der Waals surface area contributed by atoms with Gasteiger partial charge in [-0.1, -0.05) is 6.58 Å². The van der Waals surface area contributed by atoms with E-state index in [1.165, 1.54) is 6.08 Å². The Hall–Kier alpha value is -0.273. The standard InChI is InChI=1S/C9H18O4SSi/c1-5-9(14)13-7-6-8-15(10-2,11-3)12-4/h5H,1,6-8H2,2-4H3.